The summed E-state index contributed by atoms with van der Waals surface area (Å²) in [4.78, 5) is 24.9. The molecule has 23 heteroatoms. The molecule has 2 N–H and O–H groups in total. The average Bonchev–Trinajstić information content (AvgIpc) is 3.62. The minimum Gasteiger partial charge on any atom is -0.871 e. The Morgan fingerprint density at radius 3 is 1.32 bits per heavy atom. The molecule has 0 fully saturated rings. The summed E-state index contributed by atoms with van der Waals surface area (Å²) in [5.74, 6) is -1.07. The van der Waals surface area contributed by atoms with Gasteiger partial charge in [-0.15, -0.1) is 21.6 Å². The Morgan fingerprint density at radius 2 is 0.982 bits per heavy atom. The van der Waals surface area contributed by atoms with E-state index in [0.29, 0.717) is 32.8 Å². The summed E-state index contributed by atoms with van der Waals surface area (Å²) in [7, 11) is -5.01. The number of rotatable bonds is 10. The van der Waals surface area contributed by atoms with Crippen LogP contribution in [0.3, 0.4) is 0 Å². The monoisotopic (exact) mass is 898 g/mol. The van der Waals surface area contributed by atoms with E-state index >= 15 is 0 Å². The third kappa shape index (κ3) is 10.1. The van der Waals surface area contributed by atoms with Gasteiger partial charge in [0.15, 0.2) is 0 Å². The number of hydrogen-bond acceptors (Lipinski definition) is 12. The van der Waals surface area contributed by atoms with Crippen molar-refractivity contribution in [3.63, 3.8) is 0 Å². The van der Waals surface area contributed by atoms with Crippen LogP contribution in [0.25, 0.3) is 11.4 Å². The number of hydrogen-bond donors (Lipinski definition) is 2. The molecule has 0 aliphatic heterocycles. The van der Waals surface area contributed by atoms with Gasteiger partial charge in [-0.05, 0) is 74.8 Å². The zero-order valence-electron chi connectivity index (χ0n) is 30.8. The van der Waals surface area contributed by atoms with Crippen LogP contribution in [0.2, 0.25) is 10.0 Å². The van der Waals surface area contributed by atoms with E-state index in [4.69, 9.17) is 23.2 Å². The van der Waals surface area contributed by atoms with Crippen molar-refractivity contribution >= 4 is 66.0 Å². The molecule has 6 rings (SSSR count). The molecule has 0 atom stereocenters. The maximum atomic E-state index is 12.6. The molecule has 18 nitrogen and oxygen atoms in total. The van der Waals surface area contributed by atoms with Crippen LogP contribution < -0.4 is 41.0 Å². The third-order valence-corrected chi connectivity index (χ3v) is 10.9. The summed E-state index contributed by atoms with van der Waals surface area (Å²) in [6.07, 6.45) is 0. The predicted molar refractivity (Wildman–Crippen MR) is 204 cm³/mol. The van der Waals surface area contributed by atoms with E-state index in [9.17, 15) is 36.6 Å². The van der Waals surface area contributed by atoms with Crippen LogP contribution in [-0.2, 0) is 36.8 Å². The Hall–Kier alpha value is -5.39. The van der Waals surface area contributed by atoms with Gasteiger partial charge >= 0.3 is 18.2 Å². The first-order chi connectivity index (χ1) is 26.4. The van der Waals surface area contributed by atoms with Gasteiger partial charge in [0.05, 0.1) is 21.2 Å². The Morgan fingerprint density at radius 1 is 0.614 bits per heavy atom. The fourth-order valence-electron chi connectivity index (χ4n) is 4.72. The summed E-state index contributed by atoms with van der Waals surface area (Å²) >= 11 is 11.9. The van der Waals surface area contributed by atoms with Crippen LogP contribution >= 0.6 is 23.2 Å². The molecular formula is C34H29Cl2CoN10O8S2. The molecule has 2 aromatic heterocycles. The van der Waals surface area contributed by atoms with Crippen molar-refractivity contribution < 1.29 is 45.3 Å². The van der Waals surface area contributed by atoms with Gasteiger partial charge in [-0.1, -0.05) is 72.8 Å². The number of aromatic nitrogens is 4. The van der Waals surface area contributed by atoms with Crippen molar-refractivity contribution in [3.05, 3.63) is 127 Å². The second-order valence-electron chi connectivity index (χ2n) is 11.3. The maximum absolute atomic E-state index is 12.6. The number of sulfonamides is 2. The SMILES string of the molecule is CNS(=O)(=O)c1ccc([O-])c(N=Nc2c(C)[n-]n(-c3cccc(Cl)c3)c2=O)c1.CNS(=O)(=O)c1ccc([O-])c(N=Nc2c(C)[n-]n(-c3cccc(Cl)c3)c2=O)c1.[Co+3].[H+]. The summed E-state index contributed by atoms with van der Waals surface area (Å²) < 4.78 is 54.0. The van der Waals surface area contributed by atoms with Crippen molar-refractivity contribution in [2.24, 2.45) is 20.5 Å². The molecule has 57 heavy (non-hydrogen) atoms. The Bertz CT molecular complexity index is 2670. The molecule has 0 saturated heterocycles. The van der Waals surface area contributed by atoms with Crippen LogP contribution in [-0.4, -0.2) is 40.3 Å². The molecule has 6 aromatic rings. The second kappa shape index (κ2) is 18.2. The van der Waals surface area contributed by atoms with Crippen molar-refractivity contribution in [2.45, 2.75) is 23.6 Å². The van der Waals surface area contributed by atoms with E-state index in [2.05, 4.69) is 40.1 Å². The number of halogens is 2. The van der Waals surface area contributed by atoms with E-state index in [-0.39, 0.29) is 50.7 Å². The Labute approximate surface area is 346 Å². The van der Waals surface area contributed by atoms with Crippen molar-refractivity contribution in [2.75, 3.05) is 14.1 Å². The van der Waals surface area contributed by atoms with E-state index in [1.807, 2.05) is 0 Å². The number of aryl methyl sites for hydroxylation is 2. The quantitative estimate of drug-likeness (QED) is 0.183. The second-order valence-corrected chi connectivity index (χ2v) is 16.0. The first-order valence-electron chi connectivity index (χ1n) is 15.8. The third-order valence-electron chi connectivity index (χ3n) is 7.62. The topological polar surface area (TPSA) is 260 Å². The summed E-state index contributed by atoms with van der Waals surface area (Å²) in [6, 6.07) is 19.7. The molecule has 0 spiro atoms. The van der Waals surface area contributed by atoms with Crippen LogP contribution in [0, 0.1) is 13.8 Å². The standard InChI is InChI=1S/2C17H16ClN5O4S.Co/c2*1-10-16(17(25)23(22-10)12-5-3-4-11(18)8-12)21-20-14-9-13(6-7-15(14)24)28(26,27)19-2;/h2*3-9,19H,1-2H3,(H2,20,21,22,24,25);/q;;+3/p-3. The van der Waals surface area contributed by atoms with Gasteiger partial charge in [-0.25, -0.2) is 26.3 Å². The molecule has 0 aliphatic carbocycles. The number of azo groups is 2. The number of benzene rings is 4. The van der Waals surface area contributed by atoms with E-state index in [1.54, 1.807) is 62.4 Å². The largest absolute Gasteiger partial charge is 3.00 e. The van der Waals surface area contributed by atoms with Crippen LogP contribution in [0.1, 0.15) is 12.8 Å². The normalized spacial score (nSPS) is 11.8. The molecule has 2 heterocycles. The van der Waals surface area contributed by atoms with E-state index in [1.165, 1.54) is 14.1 Å². The molecular weight excluding hydrogens is 870 g/mol. The first kappa shape index (κ1) is 44.3. The first-order valence-corrected chi connectivity index (χ1v) is 19.6. The minimum atomic E-state index is -3.75. The molecule has 298 valence electrons. The van der Waals surface area contributed by atoms with Gasteiger partial charge in [0.1, 0.15) is 11.4 Å². The van der Waals surface area contributed by atoms with Crippen LogP contribution in [0.15, 0.2) is 125 Å². The van der Waals surface area contributed by atoms with Crippen molar-refractivity contribution in [1.29, 1.82) is 0 Å². The summed E-state index contributed by atoms with van der Waals surface area (Å²) in [5, 5.41) is 48.3. The number of nitrogens with one attached hydrogen (secondary N) is 2. The van der Waals surface area contributed by atoms with Gasteiger partial charge < -0.3 is 29.8 Å². The molecule has 0 radical (unpaired) electrons. The average molecular weight is 900 g/mol. The molecule has 0 amide bonds. The molecule has 0 bridgehead atoms. The molecule has 0 saturated carbocycles. The van der Waals surface area contributed by atoms with Crippen molar-refractivity contribution in [1.82, 2.24) is 29.0 Å². The summed E-state index contributed by atoms with van der Waals surface area (Å²) in [5.41, 5.74) is -0.175. The Kier molecular flexibility index (Phi) is 14.2. The van der Waals surface area contributed by atoms with Gasteiger partial charge in [0, 0.05) is 21.4 Å². The predicted octanol–water partition coefficient (Wildman–Crippen LogP) is 4.42. The van der Waals surface area contributed by atoms with Crippen LogP contribution in [0.5, 0.6) is 11.5 Å². The van der Waals surface area contributed by atoms with Crippen molar-refractivity contribution in [3.8, 4) is 22.9 Å². The molecule has 0 aliphatic rings. The molecule has 4 aromatic carbocycles. The van der Waals surface area contributed by atoms with E-state index in [0.717, 1.165) is 45.8 Å². The van der Waals surface area contributed by atoms with E-state index < -0.39 is 42.7 Å². The zero-order chi connectivity index (χ0) is 40.9. The minimum absolute atomic E-state index is 0. The zero-order valence-corrected chi connectivity index (χ0v) is 34.0. The fourth-order valence-corrected chi connectivity index (χ4v) is 6.59. The maximum Gasteiger partial charge on any atom is 3.00 e. The Balaban J connectivity index is 0.000000300. The van der Waals surface area contributed by atoms with Gasteiger partial charge in [0.25, 0.3) is 11.1 Å². The smallest absolute Gasteiger partial charge is 0.871 e. The summed E-state index contributed by atoms with van der Waals surface area (Å²) in [6.45, 7) is 3.13. The number of nitrogens with zero attached hydrogens (tertiary/aromatic N) is 8. The van der Waals surface area contributed by atoms with Crippen LogP contribution in [0.4, 0.5) is 22.7 Å². The molecule has 0 unspecified atom stereocenters. The fraction of sp³-hybridized carbons (Fsp3) is 0.118. The van der Waals surface area contributed by atoms with Gasteiger partial charge in [-0.3, -0.25) is 9.59 Å². The van der Waals surface area contributed by atoms with Gasteiger partial charge in [0.2, 0.25) is 20.0 Å². The van der Waals surface area contributed by atoms with Gasteiger partial charge in [-0.2, -0.15) is 10.2 Å².